The van der Waals surface area contributed by atoms with Gasteiger partial charge in [-0.2, -0.15) is 0 Å². The lowest BCUT2D eigenvalue weighted by Crippen LogP contribution is -2.44. The van der Waals surface area contributed by atoms with Crippen LogP contribution in [0.4, 0.5) is 0 Å². The summed E-state index contributed by atoms with van der Waals surface area (Å²) in [6.45, 7) is 10.3. The molecule has 1 aliphatic rings. The summed E-state index contributed by atoms with van der Waals surface area (Å²) in [5.41, 5.74) is 3.29. The molecule has 0 saturated carbocycles. The van der Waals surface area contributed by atoms with Crippen LogP contribution in [0.1, 0.15) is 36.5 Å². The van der Waals surface area contributed by atoms with Crippen LogP contribution in [0, 0.1) is 13.8 Å². The molecule has 0 aliphatic carbocycles. The van der Waals surface area contributed by atoms with Crippen molar-refractivity contribution in [3.05, 3.63) is 28.8 Å². The number of esters is 1. The summed E-state index contributed by atoms with van der Waals surface area (Å²) in [5, 5.41) is 0. The van der Waals surface area contributed by atoms with E-state index in [1.165, 1.54) is 25.3 Å². The van der Waals surface area contributed by atoms with Crippen LogP contribution in [0.2, 0.25) is 0 Å². The SMILES string of the molecule is COCCN(Cc1cc(C)c(OC(C)=O)c(C)c1)C1CCN(C)CC1. The number of aryl methyl sites for hydroxylation is 2. The third kappa shape index (κ3) is 5.80. The van der Waals surface area contributed by atoms with Gasteiger partial charge in [0.05, 0.1) is 6.61 Å². The average Bonchev–Trinajstić information content (AvgIpc) is 2.55. The number of rotatable bonds is 7. The highest BCUT2D eigenvalue weighted by molar-refractivity contribution is 5.70. The number of hydrogen-bond acceptors (Lipinski definition) is 5. The van der Waals surface area contributed by atoms with E-state index in [4.69, 9.17) is 9.47 Å². The first kappa shape index (κ1) is 19.9. The summed E-state index contributed by atoms with van der Waals surface area (Å²) < 4.78 is 10.7. The van der Waals surface area contributed by atoms with E-state index in [-0.39, 0.29) is 5.97 Å². The van der Waals surface area contributed by atoms with Crippen LogP contribution in [0.15, 0.2) is 12.1 Å². The van der Waals surface area contributed by atoms with E-state index < -0.39 is 0 Å². The fourth-order valence-electron chi connectivity index (χ4n) is 3.63. The molecule has 0 bridgehead atoms. The summed E-state index contributed by atoms with van der Waals surface area (Å²) in [6, 6.07) is 4.88. The molecule has 1 aromatic rings. The predicted octanol–water partition coefficient (Wildman–Crippen LogP) is 2.77. The smallest absolute Gasteiger partial charge is 0.308 e. The molecule has 25 heavy (non-hydrogen) atoms. The average molecular weight is 348 g/mol. The monoisotopic (exact) mass is 348 g/mol. The van der Waals surface area contributed by atoms with Crippen molar-refractivity contribution in [2.45, 2.75) is 46.2 Å². The molecule has 0 amide bonds. The maximum atomic E-state index is 11.3. The van der Waals surface area contributed by atoms with Gasteiger partial charge in [0.2, 0.25) is 0 Å². The van der Waals surface area contributed by atoms with Gasteiger partial charge in [-0.15, -0.1) is 0 Å². The van der Waals surface area contributed by atoms with E-state index >= 15 is 0 Å². The Balaban J connectivity index is 2.13. The number of benzene rings is 1. The number of methoxy groups -OCH3 is 1. The molecular weight excluding hydrogens is 316 g/mol. The van der Waals surface area contributed by atoms with Crippen molar-refractivity contribution in [1.29, 1.82) is 0 Å². The molecule has 0 aromatic heterocycles. The molecule has 1 aromatic carbocycles. The van der Waals surface area contributed by atoms with Gasteiger partial charge in [-0.3, -0.25) is 9.69 Å². The number of piperidine rings is 1. The molecule has 1 heterocycles. The van der Waals surface area contributed by atoms with Crippen molar-refractivity contribution in [2.75, 3.05) is 40.4 Å². The van der Waals surface area contributed by atoms with Crippen molar-refractivity contribution < 1.29 is 14.3 Å². The van der Waals surface area contributed by atoms with Crippen LogP contribution >= 0.6 is 0 Å². The van der Waals surface area contributed by atoms with Gasteiger partial charge in [0, 0.05) is 33.2 Å². The molecule has 0 radical (unpaired) electrons. The lowest BCUT2D eigenvalue weighted by atomic mass is 10.0. The zero-order chi connectivity index (χ0) is 18.4. The first-order valence-corrected chi connectivity index (χ1v) is 9.10. The van der Waals surface area contributed by atoms with Crippen LogP contribution in [-0.2, 0) is 16.1 Å². The first-order valence-electron chi connectivity index (χ1n) is 9.10. The Kier molecular flexibility index (Phi) is 7.41. The Hall–Kier alpha value is -1.43. The maximum absolute atomic E-state index is 11.3. The fourth-order valence-corrected chi connectivity index (χ4v) is 3.63. The quantitative estimate of drug-likeness (QED) is 0.560. The molecule has 0 spiro atoms. The molecule has 0 N–H and O–H groups in total. The molecular formula is C20H32N2O3. The predicted molar refractivity (Wildman–Crippen MR) is 100 cm³/mol. The number of hydrogen-bond donors (Lipinski definition) is 0. The van der Waals surface area contributed by atoms with Crippen LogP contribution in [0.5, 0.6) is 5.75 Å². The molecule has 0 unspecified atom stereocenters. The van der Waals surface area contributed by atoms with Gasteiger partial charge in [0.15, 0.2) is 0 Å². The second kappa shape index (κ2) is 9.32. The van der Waals surface area contributed by atoms with Crippen molar-refractivity contribution in [3.63, 3.8) is 0 Å². The van der Waals surface area contributed by atoms with Gasteiger partial charge < -0.3 is 14.4 Å². The van der Waals surface area contributed by atoms with E-state index in [0.717, 1.165) is 43.9 Å². The molecule has 140 valence electrons. The van der Waals surface area contributed by atoms with Crippen LogP contribution in [-0.4, -0.2) is 62.2 Å². The van der Waals surface area contributed by atoms with Gasteiger partial charge in [-0.05, 0) is 63.5 Å². The van der Waals surface area contributed by atoms with E-state index in [9.17, 15) is 4.79 Å². The lowest BCUT2D eigenvalue weighted by Gasteiger charge is -2.37. The number of ether oxygens (including phenoxy) is 2. The van der Waals surface area contributed by atoms with E-state index in [2.05, 4.69) is 29.0 Å². The molecule has 2 rings (SSSR count). The normalized spacial score (nSPS) is 16.4. The number of carbonyl (C=O) groups is 1. The Morgan fingerprint density at radius 2 is 1.84 bits per heavy atom. The van der Waals surface area contributed by atoms with Crippen molar-refractivity contribution in [2.24, 2.45) is 0 Å². The van der Waals surface area contributed by atoms with E-state index in [0.29, 0.717) is 11.8 Å². The van der Waals surface area contributed by atoms with Crippen molar-refractivity contribution in [3.8, 4) is 5.75 Å². The topological polar surface area (TPSA) is 42.0 Å². The summed E-state index contributed by atoms with van der Waals surface area (Å²) in [5.74, 6) is 0.422. The highest BCUT2D eigenvalue weighted by Crippen LogP contribution is 2.27. The molecule has 5 nitrogen and oxygen atoms in total. The first-order chi connectivity index (χ1) is 11.9. The second-order valence-corrected chi connectivity index (χ2v) is 7.15. The van der Waals surface area contributed by atoms with Crippen molar-refractivity contribution in [1.82, 2.24) is 9.80 Å². The number of carbonyl (C=O) groups excluding carboxylic acids is 1. The Morgan fingerprint density at radius 3 is 2.36 bits per heavy atom. The van der Waals surface area contributed by atoms with Gasteiger partial charge >= 0.3 is 5.97 Å². The fraction of sp³-hybridized carbons (Fsp3) is 0.650. The van der Waals surface area contributed by atoms with Gasteiger partial charge in [0.1, 0.15) is 5.75 Å². The van der Waals surface area contributed by atoms with E-state index in [1.54, 1.807) is 7.11 Å². The molecule has 1 fully saturated rings. The molecule has 0 atom stereocenters. The van der Waals surface area contributed by atoms with Crippen LogP contribution in [0.3, 0.4) is 0 Å². The third-order valence-corrected chi connectivity index (χ3v) is 4.94. The summed E-state index contributed by atoms with van der Waals surface area (Å²) in [4.78, 5) is 16.2. The Bertz CT molecular complexity index is 557. The Morgan fingerprint density at radius 1 is 1.24 bits per heavy atom. The summed E-state index contributed by atoms with van der Waals surface area (Å²) in [6.07, 6.45) is 2.40. The van der Waals surface area contributed by atoms with Crippen molar-refractivity contribution >= 4 is 5.97 Å². The number of nitrogens with zero attached hydrogens (tertiary/aromatic N) is 2. The number of likely N-dealkylation sites (tertiary alicyclic amines) is 1. The van der Waals surface area contributed by atoms with Gasteiger partial charge in [-0.25, -0.2) is 0 Å². The minimum absolute atomic E-state index is 0.271. The Labute approximate surface area is 151 Å². The summed E-state index contributed by atoms with van der Waals surface area (Å²) in [7, 11) is 3.95. The minimum atomic E-state index is -0.271. The lowest BCUT2D eigenvalue weighted by molar-refractivity contribution is -0.131. The highest BCUT2D eigenvalue weighted by atomic mass is 16.5. The molecule has 1 saturated heterocycles. The van der Waals surface area contributed by atoms with Crippen LogP contribution < -0.4 is 4.74 Å². The zero-order valence-corrected chi connectivity index (χ0v) is 16.3. The maximum Gasteiger partial charge on any atom is 0.308 e. The largest absolute Gasteiger partial charge is 0.426 e. The minimum Gasteiger partial charge on any atom is -0.426 e. The summed E-state index contributed by atoms with van der Waals surface area (Å²) >= 11 is 0. The van der Waals surface area contributed by atoms with E-state index in [1.807, 2.05) is 13.8 Å². The van der Waals surface area contributed by atoms with Gasteiger partial charge in [0.25, 0.3) is 0 Å². The zero-order valence-electron chi connectivity index (χ0n) is 16.3. The standard InChI is InChI=1S/C20H32N2O3/c1-15-12-18(13-16(2)20(15)25-17(3)23)14-22(10-11-24-5)19-6-8-21(4)9-7-19/h12-13,19H,6-11,14H2,1-5H3. The second-order valence-electron chi connectivity index (χ2n) is 7.15. The molecule has 1 aliphatic heterocycles. The van der Waals surface area contributed by atoms with Gasteiger partial charge in [-0.1, -0.05) is 12.1 Å². The third-order valence-electron chi connectivity index (χ3n) is 4.94. The molecule has 5 heteroatoms. The highest BCUT2D eigenvalue weighted by Gasteiger charge is 2.23. The van der Waals surface area contributed by atoms with Crippen LogP contribution in [0.25, 0.3) is 0 Å².